The van der Waals surface area contributed by atoms with Crippen LogP contribution in [-0.4, -0.2) is 59.7 Å². The van der Waals surface area contributed by atoms with Crippen LogP contribution in [0.2, 0.25) is 5.02 Å². The minimum absolute atomic E-state index is 0.133. The Kier molecular flexibility index (Phi) is 6.65. The van der Waals surface area contributed by atoms with Crippen LogP contribution in [0.15, 0.2) is 30.3 Å². The summed E-state index contributed by atoms with van der Waals surface area (Å²) in [5, 5.41) is 30.0. The predicted octanol–water partition coefficient (Wildman–Crippen LogP) is 2.97. The summed E-state index contributed by atoms with van der Waals surface area (Å²) in [7, 11) is 1.58. The van der Waals surface area contributed by atoms with Gasteiger partial charge in [-0.3, -0.25) is 0 Å². The zero-order valence-electron chi connectivity index (χ0n) is 16.6. The largest absolute Gasteiger partial charge is 0.496 e. The van der Waals surface area contributed by atoms with Crippen molar-refractivity contribution in [2.75, 3.05) is 26.9 Å². The molecule has 2 aromatic rings. The Morgan fingerprint density at radius 2 is 1.90 bits per heavy atom. The molecule has 1 fully saturated rings. The lowest BCUT2D eigenvalue weighted by Crippen LogP contribution is -2.42. The minimum atomic E-state index is -0.952. The Morgan fingerprint density at radius 3 is 2.63 bits per heavy atom. The fourth-order valence-electron chi connectivity index (χ4n) is 3.91. The molecule has 4 atom stereocenters. The van der Waals surface area contributed by atoms with E-state index in [9.17, 15) is 15.3 Å². The van der Waals surface area contributed by atoms with E-state index in [0.29, 0.717) is 36.8 Å². The molecular formula is C22H25ClO6S. The first kappa shape index (κ1) is 21.6. The van der Waals surface area contributed by atoms with Crippen LogP contribution in [0.5, 0.6) is 17.2 Å². The summed E-state index contributed by atoms with van der Waals surface area (Å²) < 4.78 is 16.8. The van der Waals surface area contributed by atoms with Crippen molar-refractivity contribution >= 4 is 23.4 Å². The number of halogens is 1. The molecule has 1 saturated heterocycles. The molecule has 3 unspecified atom stereocenters. The number of benzene rings is 2. The van der Waals surface area contributed by atoms with Gasteiger partial charge in [0, 0.05) is 15.8 Å². The van der Waals surface area contributed by atoms with E-state index in [1.165, 1.54) is 11.8 Å². The second kappa shape index (κ2) is 9.24. The zero-order valence-corrected chi connectivity index (χ0v) is 18.2. The third-order valence-corrected chi connectivity index (χ3v) is 7.40. The number of rotatable bonds is 5. The lowest BCUT2D eigenvalue weighted by atomic mass is 9.96. The summed E-state index contributed by atoms with van der Waals surface area (Å²) in [6.45, 7) is 0.872. The molecule has 0 bridgehead atoms. The minimum Gasteiger partial charge on any atom is -0.496 e. The predicted molar refractivity (Wildman–Crippen MR) is 116 cm³/mol. The molecule has 0 saturated carbocycles. The molecule has 2 heterocycles. The molecule has 2 aliphatic rings. The van der Waals surface area contributed by atoms with E-state index < -0.39 is 17.5 Å². The van der Waals surface area contributed by atoms with Crippen molar-refractivity contribution in [1.29, 1.82) is 0 Å². The number of thioether (sulfide) groups is 1. The molecule has 0 spiro atoms. The van der Waals surface area contributed by atoms with Gasteiger partial charge in [0.05, 0.1) is 31.2 Å². The van der Waals surface area contributed by atoms with Gasteiger partial charge in [-0.2, -0.15) is 0 Å². The van der Waals surface area contributed by atoms with Crippen LogP contribution in [0.4, 0.5) is 0 Å². The lowest BCUT2D eigenvalue weighted by Gasteiger charge is -2.36. The van der Waals surface area contributed by atoms with Crippen LogP contribution in [0.3, 0.4) is 0 Å². The summed E-state index contributed by atoms with van der Waals surface area (Å²) in [5.41, 5.74) is 2.85. The van der Waals surface area contributed by atoms with Crippen molar-refractivity contribution in [1.82, 2.24) is 0 Å². The number of fused-ring (bicyclic) bond motifs is 1. The molecular weight excluding hydrogens is 428 g/mol. The Bertz CT molecular complexity index is 907. The van der Waals surface area contributed by atoms with Gasteiger partial charge < -0.3 is 29.5 Å². The van der Waals surface area contributed by atoms with Gasteiger partial charge in [-0.05, 0) is 48.2 Å². The second-order valence-electron chi connectivity index (χ2n) is 7.48. The first-order valence-electron chi connectivity index (χ1n) is 9.87. The number of aliphatic hydroxyl groups excluding tert-OH is 3. The molecule has 0 amide bonds. The third kappa shape index (κ3) is 4.36. The molecule has 3 N–H and O–H groups in total. The van der Waals surface area contributed by atoms with E-state index in [4.69, 9.17) is 25.8 Å². The molecule has 8 heteroatoms. The molecule has 4 rings (SSSR count). The average Bonchev–Trinajstić information content (AvgIpc) is 2.76. The van der Waals surface area contributed by atoms with Gasteiger partial charge in [-0.15, -0.1) is 11.8 Å². The van der Waals surface area contributed by atoms with E-state index in [1.807, 2.05) is 24.3 Å². The second-order valence-corrected chi connectivity index (χ2v) is 9.33. The maximum absolute atomic E-state index is 10.3. The molecule has 30 heavy (non-hydrogen) atoms. The van der Waals surface area contributed by atoms with E-state index in [0.717, 1.165) is 28.2 Å². The van der Waals surface area contributed by atoms with E-state index in [1.54, 1.807) is 13.2 Å². The van der Waals surface area contributed by atoms with Crippen LogP contribution < -0.4 is 14.2 Å². The smallest absolute Gasteiger partial charge is 0.161 e. The highest BCUT2D eigenvalue weighted by atomic mass is 35.5. The highest BCUT2D eigenvalue weighted by Crippen LogP contribution is 2.47. The summed E-state index contributed by atoms with van der Waals surface area (Å²) in [4.78, 5) is 0. The van der Waals surface area contributed by atoms with Crippen LogP contribution in [-0.2, 0) is 6.42 Å². The Hall–Kier alpha value is -1.64. The van der Waals surface area contributed by atoms with Crippen LogP contribution in [0.25, 0.3) is 0 Å². The molecule has 162 valence electrons. The molecule has 0 aromatic heterocycles. The molecule has 2 aliphatic heterocycles. The molecule has 6 nitrogen and oxygen atoms in total. The third-order valence-electron chi connectivity index (χ3n) is 5.50. The van der Waals surface area contributed by atoms with Crippen molar-refractivity contribution in [3.8, 4) is 17.2 Å². The van der Waals surface area contributed by atoms with Crippen molar-refractivity contribution < 1.29 is 29.5 Å². The van der Waals surface area contributed by atoms with Crippen LogP contribution >= 0.6 is 23.4 Å². The van der Waals surface area contributed by atoms with E-state index in [-0.39, 0.29) is 11.9 Å². The monoisotopic (exact) mass is 452 g/mol. The van der Waals surface area contributed by atoms with Gasteiger partial charge in [-0.25, -0.2) is 0 Å². The van der Waals surface area contributed by atoms with Gasteiger partial charge in [0.25, 0.3) is 0 Å². The normalized spacial score (nSPS) is 25.8. The first-order chi connectivity index (χ1) is 14.5. The SMILES string of the molecule is COc1cc(Cl)c(Cc2ccc3c(c2)OCCO3)cc1C1CC(O)[C@H](O)C(CO)S1. The maximum atomic E-state index is 10.3. The zero-order chi connectivity index (χ0) is 21.3. The number of aliphatic hydroxyl groups is 3. The van der Waals surface area contributed by atoms with Crippen molar-refractivity contribution in [3.63, 3.8) is 0 Å². The first-order valence-corrected chi connectivity index (χ1v) is 11.2. The van der Waals surface area contributed by atoms with Gasteiger partial charge in [0.1, 0.15) is 19.0 Å². The fourth-order valence-corrected chi connectivity index (χ4v) is 5.62. The van der Waals surface area contributed by atoms with Crippen molar-refractivity contribution in [3.05, 3.63) is 52.0 Å². The Morgan fingerprint density at radius 1 is 1.13 bits per heavy atom. The Labute approximate surface area is 184 Å². The number of ether oxygens (including phenoxy) is 3. The van der Waals surface area contributed by atoms with Gasteiger partial charge >= 0.3 is 0 Å². The molecule has 2 aromatic carbocycles. The lowest BCUT2D eigenvalue weighted by molar-refractivity contribution is -0.000282. The van der Waals surface area contributed by atoms with Gasteiger partial charge in [0.2, 0.25) is 0 Å². The Balaban J connectivity index is 1.63. The van der Waals surface area contributed by atoms with Crippen molar-refractivity contribution in [2.45, 2.75) is 35.5 Å². The molecule has 0 aliphatic carbocycles. The summed E-state index contributed by atoms with van der Waals surface area (Å²) in [5.74, 6) is 2.10. The average molecular weight is 453 g/mol. The van der Waals surface area contributed by atoms with Crippen LogP contribution in [0, 0.1) is 0 Å². The van der Waals surface area contributed by atoms with E-state index in [2.05, 4.69) is 0 Å². The van der Waals surface area contributed by atoms with Gasteiger partial charge in [0.15, 0.2) is 11.5 Å². The summed E-state index contributed by atoms with van der Waals surface area (Å²) >= 11 is 7.99. The molecule has 0 radical (unpaired) electrons. The van der Waals surface area contributed by atoms with Crippen molar-refractivity contribution in [2.24, 2.45) is 0 Å². The topological polar surface area (TPSA) is 88.4 Å². The van der Waals surface area contributed by atoms with Gasteiger partial charge in [-0.1, -0.05) is 17.7 Å². The highest BCUT2D eigenvalue weighted by Gasteiger charge is 2.37. The van der Waals surface area contributed by atoms with Crippen LogP contribution in [0.1, 0.15) is 28.4 Å². The number of hydrogen-bond acceptors (Lipinski definition) is 7. The summed E-state index contributed by atoms with van der Waals surface area (Å²) in [6.07, 6.45) is -0.899. The summed E-state index contributed by atoms with van der Waals surface area (Å²) in [6, 6.07) is 9.64. The quantitative estimate of drug-likeness (QED) is 0.642. The highest BCUT2D eigenvalue weighted by molar-refractivity contribution is 8.00. The maximum Gasteiger partial charge on any atom is 0.161 e. The number of methoxy groups -OCH3 is 1. The fraction of sp³-hybridized carbons (Fsp3) is 0.455. The number of hydrogen-bond donors (Lipinski definition) is 3. The van der Waals surface area contributed by atoms with E-state index >= 15 is 0 Å². The standard InChI is InChI=1S/C22H25ClO6S/c1-27-18-9-15(23)13(6-12-2-3-17-19(7-12)29-5-4-28-17)8-14(18)20-10-16(25)22(26)21(11-24)30-20/h2-3,7-9,16,20-22,24-26H,4-6,10-11H2,1H3/t16?,20?,21?,22-/m0/s1.